The predicted molar refractivity (Wildman–Crippen MR) is 54.3 cm³/mol. The van der Waals surface area contributed by atoms with E-state index >= 15 is 0 Å². The van der Waals surface area contributed by atoms with Crippen LogP contribution in [-0.2, 0) is 9.84 Å². The highest BCUT2D eigenvalue weighted by Crippen LogP contribution is 2.23. The minimum absolute atomic E-state index is 0.0947. The van der Waals surface area contributed by atoms with E-state index in [2.05, 4.69) is 6.92 Å². The van der Waals surface area contributed by atoms with Gasteiger partial charge in [-0.05, 0) is 18.8 Å². The van der Waals surface area contributed by atoms with E-state index < -0.39 is 9.84 Å². The highest BCUT2D eigenvalue weighted by molar-refractivity contribution is 7.91. The predicted octanol–water partition coefficient (Wildman–Crippen LogP) is 0.939. The average Bonchev–Trinajstić information content (AvgIpc) is 2.42. The molecule has 0 bridgehead atoms. The molecule has 0 amide bonds. The molecule has 2 atom stereocenters. The molecule has 3 nitrogen and oxygen atoms in total. The Morgan fingerprint density at radius 3 is 2.69 bits per heavy atom. The van der Waals surface area contributed by atoms with Crippen molar-refractivity contribution in [2.45, 2.75) is 38.6 Å². The molecule has 0 aromatic rings. The van der Waals surface area contributed by atoms with Gasteiger partial charge in [0.15, 0.2) is 9.84 Å². The number of nitrogens with two attached hydrogens (primary N) is 1. The fourth-order valence-electron chi connectivity index (χ4n) is 1.84. The van der Waals surface area contributed by atoms with Gasteiger partial charge in [0.2, 0.25) is 0 Å². The van der Waals surface area contributed by atoms with Gasteiger partial charge in [0.1, 0.15) is 0 Å². The lowest BCUT2D eigenvalue weighted by atomic mass is 9.95. The van der Waals surface area contributed by atoms with Crippen LogP contribution in [0.4, 0.5) is 0 Å². The first-order valence-corrected chi connectivity index (χ1v) is 6.83. The summed E-state index contributed by atoms with van der Waals surface area (Å²) in [5.74, 6) is 0.881. The number of hydrogen-bond acceptors (Lipinski definition) is 3. The number of rotatable bonds is 4. The van der Waals surface area contributed by atoms with Gasteiger partial charge in [-0.15, -0.1) is 0 Å². The summed E-state index contributed by atoms with van der Waals surface area (Å²) < 4.78 is 22.3. The van der Waals surface area contributed by atoms with Crippen molar-refractivity contribution in [3.05, 3.63) is 0 Å². The summed E-state index contributed by atoms with van der Waals surface area (Å²) in [6, 6.07) is 0.0947. The van der Waals surface area contributed by atoms with Crippen molar-refractivity contribution in [2.75, 3.05) is 11.5 Å². The summed E-state index contributed by atoms with van der Waals surface area (Å²) in [6.45, 7) is 2.12. The van der Waals surface area contributed by atoms with Crippen LogP contribution in [0.25, 0.3) is 0 Å². The lowest BCUT2D eigenvalue weighted by molar-refractivity contribution is 0.427. The number of unbranched alkanes of at least 4 members (excludes halogenated alkanes) is 1. The van der Waals surface area contributed by atoms with Gasteiger partial charge in [-0.3, -0.25) is 0 Å². The second-order valence-electron chi connectivity index (χ2n) is 3.97. The lowest BCUT2D eigenvalue weighted by Gasteiger charge is -2.16. The molecule has 0 aromatic heterocycles. The van der Waals surface area contributed by atoms with Crippen LogP contribution >= 0.6 is 0 Å². The maximum absolute atomic E-state index is 11.2. The molecule has 0 saturated carbocycles. The van der Waals surface area contributed by atoms with E-state index in [1.165, 1.54) is 0 Å². The monoisotopic (exact) mass is 205 g/mol. The molecule has 0 aliphatic carbocycles. The van der Waals surface area contributed by atoms with Crippen molar-refractivity contribution in [1.29, 1.82) is 0 Å². The molecule has 0 aromatic carbocycles. The molecule has 1 saturated heterocycles. The minimum Gasteiger partial charge on any atom is -0.327 e. The minimum atomic E-state index is -2.75. The summed E-state index contributed by atoms with van der Waals surface area (Å²) in [6.07, 6.45) is 3.98. The van der Waals surface area contributed by atoms with Gasteiger partial charge in [0, 0.05) is 6.04 Å². The summed E-state index contributed by atoms with van der Waals surface area (Å²) in [5.41, 5.74) is 5.92. The van der Waals surface area contributed by atoms with Crippen LogP contribution in [-0.4, -0.2) is 26.0 Å². The molecule has 1 heterocycles. The third kappa shape index (κ3) is 3.27. The van der Waals surface area contributed by atoms with Crippen LogP contribution in [0.1, 0.15) is 32.6 Å². The average molecular weight is 205 g/mol. The van der Waals surface area contributed by atoms with Crippen molar-refractivity contribution in [2.24, 2.45) is 11.7 Å². The van der Waals surface area contributed by atoms with Gasteiger partial charge >= 0.3 is 0 Å². The van der Waals surface area contributed by atoms with Crippen molar-refractivity contribution in [3.8, 4) is 0 Å². The van der Waals surface area contributed by atoms with E-state index in [9.17, 15) is 8.42 Å². The standard InChI is InChI=1S/C9H19NO2S/c1-2-3-4-9(10)8-5-6-13(11,12)7-8/h8-9H,2-7,10H2,1H3. The summed E-state index contributed by atoms with van der Waals surface area (Å²) in [7, 11) is -2.75. The molecule has 1 fully saturated rings. The molecular formula is C9H19NO2S. The van der Waals surface area contributed by atoms with Crippen LogP contribution in [0.2, 0.25) is 0 Å². The second kappa shape index (κ2) is 4.42. The summed E-state index contributed by atoms with van der Waals surface area (Å²) >= 11 is 0. The second-order valence-corrected chi connectivity index (χ2v) is 6.20. The van der Waals surface area contributed by atoms with Gasteiger partial charge in [-0.2, -0.15) is 0 Å². The molecule has 78 valence electrons. The normalized spacial score (nSPS) is 28.9. The molecule has 0 spiro atoms. The van der Waals surface area contributed by atoms with Crippen LogP contribution in [0.3, 0.4) is 0 Å². The molecule has 2 N–H and O–H groups in total. The molecule has 1 rings (SSSR count). The van der Waals surface area contributed by atoms with E-state index in [0.717, 1.165) is 25.7 Å². The Labute approximate surface area is 80.6 Å². The van der Waals surface area contributed by atoms with E-state index in [4.69, 9.17) is 5.73 Å². The zero-order valence-electron chi connectivity index (χ0n) is 8.20. The van der Waals surface area contributed by atoms with Gasteiger partial charge in [-0.25, -0.2) is 8.42 Å². The first-order valence-electron chi connectivity index (χ1n) is 5.01. The highest BCUT2D eigenvalue weighted by atomic mass is 32.2. The summed E-state index contributed by atoms with van der Waals surface area (Å²) in [4.78, 5) is 0. The molecule has 2 unspecified atom stereocenters. The van der Waals surface area contributed by atoms with E-state index in [1.54, 1.807) is 0 Å². The summed E-state index contributed by atoms with van der Waals surface area (Å²) in [5, 5.41) is 0. The Hall–Kier alpha value is -0.0900. The fourth-order valence-corrected chi connectivity index (χ4v) is 3.73. The first kappa shape index (κ1) is 11.0. The van der Waals surface area contributed by atoms with Gasteiger partial charge in [-0.1, -0.05) is 19.8 Å². The van der Waals surface area contributed by atoms with Crippen LogP contribution in [0.5, 0.6) is 0 Å². The van der Waals surface area contributed by atoms with Crippen LogP contribution in [0, 0.1) is 5.92 Å². The van der Waals surface area contributed by atoms with Crippen LogP contribution in [0.15, 0.2) is 0 Å². The van der Waals surface area contributed by atoms with Crippen molar-refractivity contribution >= 4 is 9.84 Å². The molecular weight excluding hydrogens is 186 g/mol. The topological polar surface area (TPSA) is 60.2 Å². The molecule has 0 radical (unpaired) electrons. The quantitative estimate of drug-likeness (QED) is 0.743. The van der Waals surface area contributed by atoms with Crippen molar-refractivity contribution in [3.63, 3.8) is 0 Å². The zero-order valence-corrected chi connectivity index (χ0v) is 9.02. The van der Waals surface area contributed by atoms with Gasteiger partial charge < -0.3 is 5.73 Å². The Kier molecular flexibility index (Phi) is 3.74. The lowest BCUT2D eigenvalue weighted by Crippen LogP contribution is -2.30. The molecule has 13 heavy (non-hydrogen) atoms. The first-order chi connectivity index (χ1) is 6.05. The van der Waals surface area contributed by atoms with Gasteiger partial charge in [0.25, 0.3) is 0 Å². The Balaban J connectivity index is 2.37. The molecule has 1 aliphatic rings. The third-order valence-corrected chi connectivity index (χ3v) is 4.56. The van der Waals surface area contributed by atoms with Crippen molar-refractivity contribution < 1.29 is 8.42 Å². The van der Waals surface area contributed by atoms with E-state index in [-0.39, 0.29) is 12.0 Å². The van der Waals surface area contributed by atoms with E-state index in [0.29, 0.717) is 11.5 Å². The Morgan fingerprint density at radius 1 is 1.54 bits per heavy atom. The SMILES string of the molecule is CCCCC(N)C1CCS(=O)(=O)C1. The van der Waals surface area contributed by atoms with E-state index in [1.807, 2.05) is 0 Å². The smallest absolute Gasteiger partial charge is 0.150 e. The highest BCUT2D eigenvalue weighted by Gasteiger charge is 2.31. The molecule has 1 aliphatic heterocycles. The fraction of sp³-hybridized carbons (Fsp3) is 1.00. The third-order valence-electron chi connectivity index (χ3n) is 2.76. The Morgan fingerprint density at radius 2 is 2.23 bits per heavy atom. The molecule has 4 heteroatoms. The number of hydrogen-bond donors (Lipinski definition) is 1. The maximum Gasteiger partial charge on any atom is 0.150 e. The Bertz CT molecular complexity index is 248. The van der Waals surface area contributed by atoms with Crippen molar-refractivity contribution in [1.82, 2.24) is 0 Å². The zero-order chi connectivity index (χ0) is 9.90. The van der Waals surface area contributed by atoms with Crippen LogP contribution < -0.4 is 5.73 Å². The number of sulfone groups is 1. The maximum atomic E-state index is 11.2. The van der Waals surface area contributed by atoms with Gasteiger partial charge in [0.05, 0.1) is 11.5 Å². The largest absolute Gasteiger partial charge is 0.327 e.